The molecule has 0 atom stereocenters. The van der Waals surface area contributed by atoms with Crippen molar-refractivity contribution in [3.05, 3.63) is 58.7 Å². The third-order valence-electron chi connectivity index (χ3n) is 2.49. The minimum Gasteiger partial charge on any atom is -0.460 e. The van der Waals surface area contributed by atoms with Crippen molar-refractivity contribution < 1.29 is 9.21 Å². The first-order chi connectivity index (χ1) is 8.27. The lowest BCUT2D eigenvalue weighted by atomic mass is 10.1. The highest BCUT2D eigenvalue weighted by atomic mass is 79.9. The average Bonchev–Trinajstić information content (AvgIpc) is 2.94. The lowest BCUT2D eigenvalue weighted by Gasteiger charge is -1.96. The van der Waals surface area contributed by atoms with Gasteiger partial charge in [-0.3, -0.25) is 4.79 Å². The zero-order valence-corrected chi connectivity index (χ0v) is 10.2. The third kappa shape index (κ3) is 1.59. The summed E-state index contributed by atoms with van der Waals surface area (Å²) in [5.41, 5.74) is 1.29. The molecule has 0 saturated carbocycles. The van der Waals surface area contributed by atoms with E-state index in [4.69, 9.17) is 4.42 Å². The number of aromatic nitrogens is 2. The van der Waals surface area contributed by atoms with Crippen LogP contribution in [0.25, 0.3) is 5.52 Å². The van der Waals surface area contributed by atoms with Crippen LogP contribution in [0.4, 0.5) is 0 Å². The van der Waals surface area contributed by atoms with Crippen molar-refractivity contribution in [1.82, 2.24) is 9.61 Å². The third-order valence-corrected chi connectivity index (χ3v) is 3.12. The predicted octanol–water partition coefficient (Wildman–Crippen LogP) is 2.92. The van der Waals surface area contributed by atoms with E-state index in [0.29, 0.717) is 15.8 Å². The van der Waals surface area contributed by atoms with Gasteiger partial charge in [-0.25, -0.2) is 4.52 Å². The summed E-state index contributed by atoms with van der Waals surface area (Å²) in [6.07, 6.45) is 4.82. The molecule has 0 aromatic carbocycles. The van der Waals surface area contributed by atoms with Crippen LogP contribution in [0.15, 0.2) is 51.8 Å². The minimum atomic E-state index is -0.178. The lowest BCUT2D eigenvalue weighted by Crippen LogP contribution is -1.99. The number of carbonyl (C=O) groups excluding carboxylic acids is 1. The Morgan fingerprint density at radius 1 is 1.35 bits per heavy atom. The summed E-state index contributed by atoms with van der Waals surface area (Å²) in [5.74, 6) is 0.117. The highest BCUT2D eigenvalue weighted by Gasteiger charge is 2.19. The summed E-state index contributed by atoms with van der Waals surface area (Å²) >= 11 is 3.27. The fraction of sp³-hybridized carbons (Fsp3) is 0. The Morgan fingerprint density at radius 2 is 2.24 bits per heavy atom. The van der Waals surface area contributed by atoms with Gasteiger partial charge in [-0.2, -0.15) is 5.10 Å². The van der Waals surface area contributed by atoms with Gasteiger partial charge in [0.05, 0.1) is 28.0 Å². The van der Waals surface area contributed by atoms with E-state index in [1.54, 1.807) is 23.0 Å². The van der Waals surface area contributed by atoms with Crippen molar-refractivity contribution in [2.24, 2.45) is 0 Å². The molecule has 5 heteroatoms. The zero-order valence-electron chi connectivity index (χ0n) is 8.63. The normalized spacial score (nSPS) is 10.9. The van der Waals surface area contributed by atoms with Gasteiger partial charge in [-0.05, 0) is 34.1 Å². The molecule has 0 bridgehead atoms. The molecule has 0 unspecified atom stereocenters. The number of rotatable bonds is 2. The molecular formula is C12H7BrN2O2. The molecule has 3 aromatic heterocycles. The first-order valence-corrected chi connectivity index (χ1v) is 5.77. The molecule has 0 amide bonds. The van der Waals surface area contributed by atoms with Crippen LogP contribution < -0.4 is 0 Å². The number of hydrogen-bond donors (Lipinski definition) is 0. The Labute approximate surface area is 105 Å². The number of fused-ring (bicyclic) bond motifs is 1. The molecule has 0 radical (unpaired) electrons. The molecule has 0 aliphatic rings. The van der Waals surface area contributed by atoms with Crippen molar-refractivity contribution in [3.8, 4) is 0 Å². The fourth-order valence-electron chi connectivity index (χ4n) is 1.69. The second-order valence-corrected chi connectivity index (χ2v) is 4.37. The van der Waals surface area contributed by atoms with Crippen LogP contribution in [0.1, 0.15) is 16.1 Å². The van der Waals surface area contributed by atoms with Gasteiger partial charge in [-0.1, -0.05) is 6.07 Å². The van der Waals surface area contributed by atoms with Crippen LogP contribution in [-0.2, 0) is 0 Å². The van der Waals surface area contributed by atoms with E-state index in [9.17, 15) is 4.79 Å². The first-order valence-electron chi connectivity index (χ1n) is 4.97. The fourth-order valence-corrected chi connectivity index (χ4v) is 2.07. The van der Waals surface area contributed by atoms with E-state index in [1.807, 2.05) is 18.2 Å². The minimum absolute atomic E-state index is 0.178. The maximum Gasteiger partial charge on any atom is 0.233 e. The largest absolute Gasteiger partial charge is 0.460 e. The molecule has 3 aromatic rings. The number of halogens is 1. The van der Waals surface area contributed by atoms with E-state index in [2.05, 4.69) is 21.0 Å². The summed E-state index contributed by atoms with van der Waals surface area (Å²) in [7, 11) is 0. The molecule has 4 nitrogen and oxygen atoms in total. The zero-order chi connectivity index (χ0) is 11.8. The highest BCUT2D eigenvalue weighted by molar-refractivity contribution is 9.10. The lowest BCUT2D eigenvalue weighted by molar-refractivity contribution is 0.101. The van der Waals surface area contributed by atoms with Gasteiger partial charge in [0.15, 0.2) is 5.76 Å². The topological polar surface area (TPSA) is 47.5 Å². The molecule has 3 rings (SSSR count). The van der Waals surface area contributed by atoms with Gasteiger partial charge in [0.1, 0.15) is 0 Å². The van der Waals surface area contributed by atoms with Gasteiger partial charge in [0.2, 0.25) is 5.78 Å². The summed E-state index contributed by atoms with van der Waals surface area (Å²) in [5, 5.41) is 4.12. The second kappa shape index (κ2) is 3.85. The second-order valence-electron chi connectivity index (χ2n) is 3.52. The molecule has 0 N–H and O–H groups in total. The molecule has 0 fully saturated rings. The Morgan fingerprint density at radius 3 is 3.00 bits per heavy atom. The molecular weight excluding hydrogens is 284 g/mol. The number of hydrogen-bond acceptors (Lipinski definition) is 3. The molecule has 0 aliphatic carbocycles. The van der Waals surface area contributed by atoms with E-state index in [0.717, 1.165) is 5.52 Å². The Kier molecular flexibility index (Phi) is 2.33. The van der Waals surface area contributed by atoms with Crippen LogP contribution in [-0.4, -0.2) is 15.4 Å². The summed E-state index contributed by atoms with van der Waals surface area (Å²) in [6.45, 7) is 0. The van der Waals surface area contributed by atoms with E-state index < -0.39 is 0 Å². The summed E-state index contributed by atoms with van der Waals surface area (Å²) in [4.78, 5) is 12.2. The number of nitrogens with zero attached hydrogens (tertiary/aromatic N) is 2. The molecule has 17 heavy (non-hydrogen) atoms. The van der Waals surface area contributed by atoms with Crippen molar-refractivity contribution in [2.45, 2.75) is 0 Å². The molecule has 84 valence electrons. The number of carbonyl (C=O) groups is 1. The standard InChI is InChI=1S/C12H7BrN2O2/c13-9-4-6-17-12(9)11(16)8-7-14-15-5-2-1-3-10(8)15/h1-7H. The van der Waals surface area contributed by atoms with E-state index >= 15 is 0 Å². The number of ketones is 1. The Bertz CT molecular complexity index is 699. The SMILES string of the molecule is O=C(c1occc1Br)c1cnn2ccccc12. The number of furan rings is 1. The Hall–Kier alpha value is -1.88. The van der Waals surface area contributed by atoms with Gasteiger partial charge < -0.3 is 4.42 Å². The average molecular weight is 291 g/mol. The maximum absolute atomic E-state index is 12.2. The predicted molar refractivity (Wildman–Crippen MR) is 65.0 cm³/mol. The van der Waals surface area contributed by atoms with Crippen molar-refractivity contribution in [2.75, 3.05) is 0 Å². The van der Waals surface area contributed by atoms with Crippen LogP contribution in [0.2, 0.25) is 0 Å². The van der Waals surface area contributed by atoms with Gasteiger partial charge in [0, 0.05) is 6.20 Å². The molecule has 3 heterocycles. The van der Waals surface area contributed by atoms with Crippen LogP contribution in [0.5, 0.6) is 0 Å². The summed E-state index contributed by atoms with van der Waals surface area (Å²) in [6, 6.07) is 7.26. The monoisotopic (exact) mass is 290 g/mol. The van der Waals surface area contributed by atoms with Crippen molar-refractivity contribution >= 4 is 27.2 Å². The smallest absolute Gasteiger partial charge is 0.233 e. The molecule has 0 saturated heterocycles. The van der Waals surface area contributed by atoms with Gasteiger partial charge in [-0.15, -0.1) is 0 Å². The van der Waals surface area contributed by atoms with Gasteiger partial charge in [0.25, 0.3) is 0 Å². The molecule has 0 spiro atoms. The first kappa shape index (κ1) is 10.3. The van der Waals surface area contributed by atoms with Crippen molar-refractivity contribution in [1.29, 1.82) is 0 Å². The van der Waals surface area contributed by atoms with Crippen LogP contribution in [0, 0.1) is 0 Å². The van der Waals surface area contributed by atoms with E-state index in [-0.39, 0.29) is 5.78 Å². The summed E-state index contributed by atoms with van der Waals surface area (Å²) < 4.78 is 7.47. The molecule has 0 aliphatic heterocycles. The van der Waals surface area contributed by atoms with Crippen LogP contribution in [0.3, 0.4) is 0 Å². The van der Waals surface area contributed by atoms with Crippen LogP contribution >= 0.6 is 15.9 Å². The van der Waals surface area contributed by atoms with E-state index in [1.165, 1.54) is 6.26 Å². The number of pyridine rings is 1. The van der Waals surface area contributed by atoms with Crippen molar-refractivity contribution in [3.63, 3.8) is 0 Å². The Balaban J connectivity index is 2.17. The quantitative estimate of drug-likeness (QED) is 0.682. The maximum atomic E-state index is 12.2. The highest BCUT2D eigenvalue weighted by Crippen LogP contribution is 2.22. The van der Waals surface area contributed by atoms with Gasteiger partial charge >= 0.3 is 0 Å².